The van der Waals surface area contributed by atoms with E-state index >= 15 is 0 Å². The lowest BCUT2D eigenvalue weighted by molar-refractivity contribution is 1.17. The molecule has 0 amide bonds. The number of aryl methyl sites for hydroxylation is 1. The molecular weight excluding hydrogens is 304 g/mol. The molecule has 2 rings (SSSR count). The minimum absolute atomic E-state index is 0.414. The number of nitrogens with two attached hydrogens (primary N) is 1. The minimum atomic E-state index is 0.414. The molecule has 0 aliphatic rings. The summed E-state index contributed by atoms with van der Waals surface area (Å²) < 4.78 is 0.894. The quantitative estimate of drug-likeness (QED) is 0.890. The second-order valence-electron chi connectivity index (χ2n) is 3.51. The maximum Gasteiger partial charge on any atom is 0.229 e. The topological polar surface area (TPSA) is 63.8 Å². The molecule has 88 valence electrons. The molecule has 0 fully saturated rings. The van der Waals surface area contributed by atoms with Crippen molar-refractivity contribution >= 4 is 45.0 Å². The van der Waals surface area contributed by atoms with Gasteiger partial charge >= 0.3 is 0 Å². The molecule has 1 aromatic carbocycles. The summed E-state index contributed by atoms with van der Waals surface area (Å²) >= 11 is 9.51. The van der Waals surface area contributed by atoms with Crippen LogP contribution in [0, 0.1) is 6.92 Å². The molecule has 0 aliphatic carbocycles. The van der Waals surface area contributed by atoms with Crippen LogP contribution in [0.3, 0.4) is 0 Å². The number of anilines is 3. The maximum absolute atomic E-state index is 6.06. The van der Waals surface area contributed by atoms with E-state index in [1.54, 1.807) is 12.3 Å². The number of nitrogen functional groups attached to an aromatic ring is 1. The molecule has 1 aromatic heterocycles. The van der Waals surface area contributed by atoms with Crippen molar-refractivity contribution in [2.45, 2.75) is 6.92 Å². The first-order chi connectivity index (χ1) is 8.06. The largest absolute Gasteiger partial charge is 0.384 e. The molecule has 2 aromatic rings. The first-order valence-electron chi connectivity index (χ1n) is 4.87. The highest BCUT2D eigenvalue weighted by Gasteiger charge is 2.06. The summed E-state index contributed by atoms with van der Waals surface area (Å²) in [6, 6.07) is 5.37. The van der Waals surface area contributed by atoms with Gasteiger partial charge in [-0.25, -0.2) is 4.98 Å². The molecule has 3 N–H and O–H groups in total. The Hall–Kier alpha value is -1.33. The summed E-state index contributed by atoms with van der Waals surface area (Å²) in [5.74, 6) is 0.849. The average molecular weight is 314 g/mol. The number of nitrogens with zero attached hydrogens (tertiary/aromatic N) is 2. The third kappa shape index (κ3) is 2.87. The van der Waals surface area contributed by atoms with Crippen molar-refractivity contribution < 1.29 is 0 Å². The van der Waals surface area contributed by atoms with Crippen LogP contribution in [0.5, 0.6) is 0 Å². The average Bonchev–Trinajstić information content (AvgIpc) is 2.26. The Kier molecular flexibility index (Phi) is 3.49. The van der Waals surface area contributed by atoms with Gasteiger partial charge in [0.05, 0.1) is 5.69 Å². The van der Waals surface area contributed by atoms with E-state index in [1.165, 1.54) is 0 Å². The highest BCUT2D eigenvalue weighted by Crippen LogP contribution is 2.30. The fraction of sp³-hybridized carbons (Fsp3) is 0.0909. The highest BCUT2D eigenvalue weighted by atomic mass is 79.9. The number of halogens is 2. The van der Waals surface area contributed by atoms with Crippen molar-refractivity contribution in [2.75, 3.05) is 11.1 Å². The van der Waals surface area contributed by atoms with Gasteiger partial charge < -0.3 is 11.1 Å². The molecule has 0 saturated heterocycles. The Balaban J connectivity index is 2.33. The Bertz CT molecular complexity index is 559. The van der Waals surface area contributed by atoms with Crippen LogP contribution in [0.15, 0.2) is 28.9 Å². The van der Waals surface area contributed by atoms with Gasteiger partial charge in [-0.05, 0) is 46.6 Å². The van der Waals surface area contributed by atoms with Gasteiger partial charge in [0.1, 0.15) is 5.82 Å². The van der Waals surface area contributed by atoms with Gasteiger partial charge in [-0.3, -0.25) is 0 Å². The minimum Gasteiger partial charge on any atom is -0.384 e. The Morgan fingerprint density at radius 2 is 2.18 bits per heavy atom. The fourth-order valence-electron chi connectivity index (χ4n) is 1.30. The summed E-state index contributed by atoms with van der Waals surface area (Å²) in [5.41, 5.74) is 7.37. The van der Waals surface area contributed by atoms with Crippen molar-refractivity contribution in [3.05, 3.63) is 39.5 Å². The smallest absolute Gasteiger partial charge is 0.229 e. The van der Waals surface area contributed by atoms with Crippen LogP contribution >= 0.6 is 27.5 Å². The van der Waals surface area contributed by atoms with Crippen LogP contribution in [0.25, 0.3) is 0 Å². The molecule has 0 saturated carbocycles. The second kappa shape index (κ2) is 4.89. The normalized spacial score (nSPS) is 10.3. The van der Waals surface area contributed by atoms with Crippen molar-refractivity contribution in [2.24, 2.45) is 0 Å². The van der Waals surface area contributed by atoms with E-state index in [0.717, 1.165) is 15.7 Å². The Labute approximate surface area is 112 Å². The second-order valence-corrected chi connectivity index (χ2v) is 4.77. The summed E-state index contributed by atoms with van der Waals surface area (Å²) in [6.07, 6.45) is 1.59. The molecule has 1 heterocycles. The van der Waals surface area contributed by atoms with E-state index in [2.05, 4.69) is 31.2 Å². The number of aromatic nitrogens is 2. The molecule has 17 heavy (non-hydrogen) atoms. The third-order valence-corrected chi connectivity index (χ3v) is 3.24. The predicted molar refractivity (Wildman–Crippen MR) is 73.6 cm³/mol. The number of rotatable bonds is 2. The Morgan fingerprint density at radius 3 is 2.88 bits per heavy atom. The molecule has 0 aliphatic heterocycles. The van der Waals surface area contributed by atoms with Gasteiger partial charge in [0, 0.05) is 15.7 Å². The summed E-state index contributed by atoms with van der Waals surface area (Å²) in [4.78, 5) is 8.12. The third-order valence-electron chi connectivity index (χ3n) is 2.17. The molecule has 0 radical (unpaired) electrons. The van der Waals surface area contributed by atoms with Gasteiger partial charge in [0.15, 0.2) is 0 Å². The zero-order valence-electron chi connectivity index (χ0n) is 9.04. The summed E-state index contributed by atoms with van der Waals surface area (Å²) in [6.45, 7) is 1.94. The van der Waals surface area contributed by atoms with E-state index in [1.807, 2.05) is 19.1 Å². The molecule has 4 nitrogen and oxygen atoms in total. The lowest BCUT2D eigenvalue weighted by atomic mass is 10.2. The monoisotopic (exact) mass is 312 g/mol. The van der Waals surface area contributed by atoms with Crippen molar-refractivity contribution in [1.29, 1.82) is 0 Å². The summed E-state index contributed by atoms with van der Waals surface area (Å²) in [7, 11) is 0. The van der Waals surface area contributed by atoms with Gasteiger partial charge in [-0.15, -0.1) is 0 Å². The molecule has 0 atom stereocenters. The van der Waals surface area contributed by atoms with Crippen LogP contribution in [0.4, 0.5) is 17.5 Å². The molecular formula is C11H10BrClN4. The number of nitrogens with one attached hydrogen (secondary N) is 1. The number of hydrogen-bond donors (Lipinski definition) is 2. The lowest BCUT2D eigenvalue weighted by Crippen LogP contribution is -2.00. The van der Waals surface area contributed by atoms with Crippen molar-refractivity contribution in [3.8, 4) is 0 Å². The van der Waals surface area contributed by atoms with E-state index in [4.69, 9.17) is 17.3 Å². The van der Waals surface area contributed by atoms with Gasteiger partial charge in [-0.1, -0.05) is 11.6 Å². The van der Waals surface area contributed by atoms with Gasteiger partial charge in [0.25, 0.3) is 0 Å². The first-order valence-corrected chi connectivity index (χ1v) is 6.04. The SMILES string of the molecule is Cc1cc(Br)c(Nc2nccc(N)n2)cc1Cl. The van der Waals surface area contributed by atoms with E-state index in [9.17, 15) is 0 Å². The highest BCUT2D eigenvalue weighted by molar-refractivity contribution is 9.10. The molecule has 0 unspecified atom stereocenters. The van der Waals surface area contributed by atoms with Crippen LogP contribution in [0.1, 0.15) is 5.56 Å². The summed E-state index contributed by atoms with van der Waals surface area (Å²) in [5, 5.41) is 3.73. The van der Waals surface area contributed by atoms with E-state index < -0.39 is 0 Å². The fourth-order valence-corrected chi connectivity index (χ4v) is 2.02. The Morgan fingerprint density at radius 1 is 1.41 bits per heavy atom. The van der Waals surface area contributed by atoms with Crippen molar-refractivity contribution in [1.82, 2.24) is 9.97 Å². The van der Waals surface area contributed by atoms with Crippen LogP contribution in [0.2, 0.25) is 5.02 Å². The molecule has 0 spiro atoms. The zero-order chi connectivity index (χ0) is 12.4. The van der Waals surface area contributed by atoms with Gasteiger partial charge in [0.2, 0.25) is 5.95 Å². The van der Waals surface area contributed by atoms with Crippen LogP contribution < -0.4 is 11.1 Å². The standard InChI is InChI=1S/C11H10BrClN4/c1-6-4-7(12)9(5-8(6)13)16-11-15-3-2-10(14)17-11/h2-5H,1H3,(H3,14,15,16,17). The maximum atomic E-state index is 6.06. The van der Waals surface area contributed by atoms with Gasteiger partial charge in [-0.2, -0.15) is 4.98 Å². The number of benzene rings is 1. The van der Waals surface area contributed by atoms with Crippen LogP contribution in [-0.2, 0) is 0 Å². The first kappa shape index (κ1) is 12.1. The molecule has 6 heteroatoms. The predicted octanol–water partition coefficient (Wildman–Crippen LogP) is 3.53. The lowest BCUT2D eigenvalue weighted by Gasteiger charge is -2.09. The van der Waals surface area contributed by atoms with E-state index in [0.29, 0.717) is 16.8 Å². The van der Waals surface area contributed by atoms with Crippen molar-refractivity contribution in [3.63, 3.8) is 0 Å². The van der Waals surface area contributed by atoms with Crippen LogP contribution in [-0.4, -0.2) is 9.97 Å². The number of hydrogen-bond acceptors (Lipinski definition) is 4. The molecule has 0 bridgehead atoms. The zero-order valence-corrected chi connectivity index (χ0v) is 11.4. The van der Waals surface area contributed by atoms with E-state index in [-0.39, 0.29) is 0 Å².